The molecule has 1 heterocycles. The summed E-state index contributed by atoms with van der Waals surface area (Å²) < 4.78 is 1.95. The van der Waals surface area contributed by atoms with E-state index in [1.165, 1.54) is 11.8 Å². The Labute approximate surface area is 200 Å². The minimum atomic E-state index is -0.108. The summed E-state index contributed by atoms with van der Waals surface area (Å²) in [6, 6.07) is 31.2. The smallest absolute Gasteiger partial charge is 0.234 e. The third-order valence-corrected chi connectivity index (χ3v) is 6.33. The van der Waals surface area contributed by atoms with Crippen LogP contribution in [0.4, 0.5) is 5.69 Å². The molecule has 4 aromatic carbocycles. The molecule has 0 aliphatic rings. The maximum Gasteiger partial charge on any atom is 0.234 e. The van der Waals surface area contributed by atoms with E-state index in [0.717, 1.165) is 27.7 Å². The Bertz CT molecular complexity index is 1410. The van der Waals surface area contributed by atoms with Gasteiger partial charge in [0.05, 0.1) is 5.75 Å². The minimum Gasteiger partial charge on any atom is -0.325 e. The van der Waals surface area contributed by atoms with Crippen LogP contribution in [0.2, 0.25) is 5.02 Å². The molecule has 7 heteroatoms. The number of halogens is 1. The molecule has 0 saturated carbocycles. The summed E-state index contributed by atoms with van der Waals surface area (Å²) in [6.07, 6.45) is 0. The summed E-state index contributed by atoms with van der Waals surface area (Å²) in [5.74, 6) is 0.794. The zero-order valence-corrected chi connectivity index (χ0v) is 19.1. The van der Waals surface area contributed by atoms with E-state index in [2.05, 4.69) is 15.5 Å². The molecule has 5 nitrogen and oxygen atoms in total. The Morgan fingerprint density at radius 3 is 2.39 bits per heavy atom. The lowest BCUT2D eigenvalue weighted by atomic mass is 10.1. The number of amides is 1. The molecule has 0 saturated heterocycles. The van der Waals surface area contributed by atoms with E-state index < -0.39 is 0 Å². The Kier molecular flexibility index (Phi) is 6.11. The monoisotopic (exact) mass is 470 g/mol. The van der Waals surface area contributed by atoms with Gasteiger partial charge in [-0.1, -0.05) is 90.1 Å². The summed E-state index contributed by atoms with van der Waals surface area (Å²) in [7, 11) is 0. The highest BCUT2D eigenvalue weighted by atomic mass is 35.5. The molecule has 0 atom stereocenters. The van der Waals surface area contributed by atoms with Crippen LogP contribution < -0.4 is 5.32 Å². The van der Waals surface area contributed by atoms with Crippen molar-refractivity contribution < 1.29 is 4.79 Å². The first-order valence-electron chi connectivity index (χ1n) is 10.4. The first-order valence-corrected chi connectivity index (χ1v) is 11.7. The number of fused-ring (bicyclic) bond motifs is 1. The van der Waals surface area contributed by atoms with Gasteiger partial charge >= 0.3 is 0 Å². The van der Waals surface area contributed by atoms with Gasteiger partial charge in [0.15, 0.2) is 11.0 Å². The number of aromatic nitrogens is 3. The average Bonchev–Trinajstić information content (AvgIpc) is 3.28. The van der Waals surface area contributed by atoms with Gasteiger partial charge < -0.3 is 5.32 Å². The summed E-state index contributed by atoms with van der Waals surface area (Å²) in [5, 5.41) is 15.2. The molecule has 1 N–H and O–H groups in total. The first kappa shape index (κ1) is 21.2. The van der Waals surface area contributed by atoms with Crippen LogP contribution in [0.1, 0.15) is 0 Å². The Hall–Kier alpha value is -3.61. The highest BCUT2D eigenvalue weighted by Crippen LogP contribution is 2.29. The molecule has 5 rings (SSSR count). The molecule has 0 fully saturated rings. The molecular weight excluding hydrogens is 452 g/mol. The van der Waals surface area contributed by atoms with E-state index in [-0.39, 0.29) is 11.7 Å². The van der Waals surface area contributed by atoms with Crippen molar-refractivity contribution in [3.05, 3.63) is 102 Å². The molecule has 1 aromatic heterocycles. The standard InChI is InChI=1S/C26H19ClN4OS/c27-20-13-15-21(16-14-20)31-25(19-8-2-1-3-9-19)29-30-26(31)33-17-24(32)28-23-12-6-10-18-7-4-5-11-22(18)23/h1-16H,17H2,(H,28,32). The van der Waals surface area contributed by atoms with Gasteiger partial charge in [-0.3, -0.25) is 9.36 Å². The second-order valence-corrected chi connectivity index (χ2v) is 8.73. The number of hydrogen-bond donors (Lipinski definition) is 1. The highest BCUT2D eigenvalue weighted by molar-refractivity contribution is 7.99. The molecule has 1 amide bonds. The second-order valence-electron chi connectivity index (χ2n) is 7.35. The van der Waals surface area contributed by atoms with E-state index >= 15 is 0 Å². The zero-order valence-electron chi connectivity index (χ0n) is 17.5. The summed E-state index contributed by atoms with van der Waals surface area (Å²) in [6.45, 7) is 0. The summed E-state index contributed by atoms with van der Waals surface area (Å²) in [4.78, 5) is 12.8. The number of rotatable bonds is 6. The van der Waals surface area contributed by atoms with Crippen molar-refractivity contribution in [3.8, 4) is 17.1 Å². The van der Waals surface area contributed by atoms with Crippen molar-refractivity contribution in [2.45, 2.75) is 5.16 Å². The van der Waals surface area contributed by atoms with Crippen molar-refractivity contribution >= 4 is 45.7 Å². The molecule has 5 aromatic rings. The van der Waals surface area contributed by atoms with Crippen molar-refractivity contribution in [2.75, 3.05) is 11.1 Å². The maximum atomic E-state index is 12.8. The Morgan fingerprint density at radius 1 is 0.848 bits per heavy atom. The average molecular weight is 471 g/mol. The van der Waals surface area contributed by atoms with Gasteiger partial charge in [0.1, 0.15) is 0 Å². The molecule has 0 aliphatic heterocycles. The number of nitrogens with zero attached hydrogens (tertiary/aromatic N) is 3. The van der Waals surface area contributed by atoms with Crippen LogP contribution in [0.3, 0.4) is 0 Å². The van der Waals surface area contributed by atoms with Crippen LogP contribution >= 0.6 is 23.4 Å². The van der Waals surface area contributed by atoms with Crippen LogP contribution in [0, 0.1) is 0 Å². The predicted molar refractivity (Wildman–Crippen MR) is 135 cm³/mol. The third-order valence-electron chi connectivity index (χ3n) is 5.15. The second kappa shape index (κ2) is 9.48. The van der Waals surface area contributed by atoms with Crippen molar-refractivity contribution in [1.29, 1.82) is 0 Å². The molecule has 0 aliphatic carbocycles. The number of thioether (sulfide) groups is 1. The third kappa shape index (κ3) is 4.62. The van der Waals surface area contributed by atoms with Gasteiger partial charge in [-0.25, -0.2) is 0 Å². The predicted octanol–water partition coefficient (Wildman–Crippen LogP) is 6.47. The fourth-order valence-corrected chi connectivity index (χ4v) is 4.49. The van der Waals surface area contributed by atoms with Gasteiger partial charge in [-0.05, 0) is 35.7 Å². The number of anilines is 1. The normalized spacial score (nSPS) is 10.9. The van der Waals surface area contributed by atoms with Crippen molar-refractivity contribution in [2.24, 2.45) is 0 Å². The van der Waals surface area contributed by atoms with E-state index in [9.17, 15) is 4.79 Å². The zero-order chi connectivity index (χ0) is 22.6. The molecule has 0 radical (unpaired) electrons. The minimum absolute atomic E-state index is 0.108. The van der Waals surface area contributed by atoms with Crippen LogP contribution in [-0.4, -0.2) is 26.4 Å². The van der Waals surface area contributed by atoms with Gasteiger partial charge in [-0.2, -0.15) is 0 Å². The number of benzene rings is 4. The Balaban J connectivity index is 1.41. The van der Waals surface area contributed by atoms with E-state index in [0.29, 0.717) is 16.0 Å². The molecule has 33 heavy (non-hydrogen) atoms. The van der Waals surface area contributed by atoms with E-state index in [4.69, 9.17) is 11.6 Å². The number of carbonyl (C=O) groups excluding carboxylic acids is 1. The maximum absolute atomic E-state index is 12.8. The fourth-order valence-electron chi connectivity index (χ4n) is 3.61. The fraction of sp³-hybridized carbons (Fsp3) is 0.0385. The molecule has 162 valence electrons. The van der Waals surface area contributed by atoms with Crippen LogP contribution in [-0.2, 0) is 4.79 Å². The summed E-state index contributed by atoms with van der Waals surface area (Å²) >= 11 is 7.43. The molecule has 0 bridgehead atoms. The van der Waals surface area contributed by atoms with Gasteiger partial charge in [0.25, 0.3) is 0 Å². The van der Waals surface area contributed by atoms with E-state index in [1.807, 2.05) is 102 Å². The molecular formula is C26H19ClN4OS. The summed E-state index contributed by atoms with van der Waals surface area (Å²) in [5.41, 5.74) is 2.61. The molecule has 0 spiro atoms. The van der Waals surface area contributed by atoms with Crippen LogP contribution in [0.15, 0.2) is 102 Å². The lowest BCUT2D eigenvalue weighted by molar-refractivity contribution is -0.113. The quantitative estimate of drug-likeness (QED) is 0.289. The Morgan fingerprint density at radius 2 is 1.58 bits per heavy atom. The lowest BCUT2D eigenvalue weighted by Crippen LogP contribution is -2.14. The van der Waals surface area contributed by atoms with Crippen LogP contribution in [0.25, 0.3) is 27.8 Å². The topological polar surface area (TPSA) is 59.8 Å². The number of carbonyl (C=O) groups is 1. The van der Waals surface area contributed by atoms with Gasteiger partial charge in [0.2, 0.25) is 5.91 Å². The van der Waals surface area contributed by atoms with Gasteiger partial charge in [-0.15, -0.1) is 10.2 Å². The van der Waals surface area contributed by atoms with Crippen molar-refractivity contribution in [3.63, 3.8) is 0 Å². The number of nitrogens with one attached hydrogen (secondary N) is 1. The van der Waals surface area contributed by atoms with Crippen molar-refractivity contribution in [1.82, 2.24) is 14.8 Å². The van der Waals surface area contributed by atoms with E-state index in [1.54, 1.807) is 0 Å². The van der Waals surface area contributed by atoms with Crippen LogP contribution in [0.5, 0.6) is 0 Å². The molecule has 0 unspecified atom stereocenters. The largest absolute Gasteiger partial charge is 0.325 e. The van der Waals surface area contributed by atoms with Gasteiger partial charge in [0, 0.05) is 27.3 Å². The number of hydrogen-bond acceptors (Lipinski definition) is 4. The lowest BCUT2D eigenvalue weighted by Gasteiger charge is -2.11. The SMILES string of the molecule is O=C(CSc1nnc(-c2ccccc2)n1-c1ccc(Cl)cc1)Nc1cccc2ccccc12. The first-order chi connectivity index (χ1) is 16.2. The highest BCUT2D eigenvalue weighted by Gasteiger charge is 2.17.